The minimum atomic E-state index is -6.13. The van der Waals surface area contributed by atoms with E-state index < -0.39 is 195 Å². The van der Waals surface area contributed by atoms with Gasteiger partial charge < -0.3 is 0 Å². The van der Waals surface area contributed by atoms with Crippen LogP contribution in [0.2, 0.25) is 5.02 Å². The summed E-state index contributed by atoms with van der Waals surface area (Å²) in [6.45, 7) is 0.274. The summed E-state index contributed by atoms with van der Waals surface area (Å²) in [5.41, 5.74) is -27.5. The fourth-order valence-electron chi connectivity index (χ4n) is 9.29. The minimum Gasteiger partial charge on any atom is -0.287 e. The number of Topliss-reactive ketones (excluding diaryl/α,β-unsaturated/α-hetero) is 1. The average Bonchev–Trinajstić information content (AvgIpc) is 0.903. The highest BCUT2D eigenvalue weighted by Crippen LogP contribution is 2.42. The van der Waals surface area contributed by atoms with Crippen molar-refractivity contribution in [2.75, 3.05) is 0 Å². The van der Waals surface area contributed by atoms with E-state index in [0.717, 1.165) is 22.0 Å². The van der Waals surface area contributed by atoms with E-state index in [2.05, 4.69) is 12.1 Å². The summed E-state index contributed by atoms with van der Waals surface area (Å²) in [5, 5.41) is 2.90. The van der Waals surface area contributed by atoms with Gasteiger partial charge in [-0.25, -0.2) is 0 Å². The minimum absolute atomic E-state index is 0.0779. The molecule has 0 saturated heterocycles. The van der Waals surface area contributed by atoms with E-state index in [1.807, 2.05) is 83.6 Å². The van der Waals surface area contributed by atoms with Crippen molar-refractivity contribution in [2.24, 2.45) is 0 Å². The normalized spacial score (nSPS) is 13.2. The molecule has 0 unspecified atom stereocenters. The molecule has 0 saturated carbocycles. The van der Waals surface area contributed by atoms with Crippen molar-refractivity contribution in [1.82, 2.24) is 0 Å². The fraction of sp³-hybridized carbons (Fsp3) is 0.164. The maximum absolute atomic E-state index is 14.2. The predicted molar refractivity (Wildman–Crippen MR) is 255 cm³/mol. The standard InChI is InChI=1S/C32H12BF24.C23H17ClNO/c34-25(35,36)13-1-14(26(37,38)39)6-21(5-13)33(22-7-15(27(40,41)42)2-16(8-22)28(43,44)45,23-9-17(29(46,47)48)3-18(10-23)30(49,50)51)24-11-19(31(52,53)54)4-20(12-24)32(55,56)57;24-20-11-6-10-19(15-20)23-21-12-5-4-7-17(21)13-14-25(23)16-22(26)18-8-2-1-3-9-18/h1-12H;1-15H,16H2/q-1;+1. The number of alkyl halides is 24. The number of aromatic nitrogens is 1. The molecule has 0 aliphatic heterocycles. The first kappa shape index (κ1) is 62.9. The van der Waals surface area contributed by atoms with Gasteiger partial charge in [0.2, 0.25) is 18.0 Å². The molecule has 0 spiro atoms. The molecule has 1 heterocycles. The van der Waals surface area contributed by atoms with Crippen molar-refractivity contribution in [1.29, 1.82) is 0 Å². The van der Waals surface area contributed by atoms with Gasteiger partial charge in [-0.3, -0.25) is 4.79 Å². The van der Waals surface area contributed by atoms with Gasteiger partial charge in [-0.2, -0.15) is 132 Å². The number of pyridine rings is 1. The molecule has 8 aromatic rings. The van der Waals surface area contributed by atoms with Gasteiger partial charge in [-0.05, 0) is 53.9 Å². The Morgan fingerprint density at radius 2 is 0.675 bits per heavy atom. The molecule has 0 aliphatic carbocycles. The zero-order valence-corrected chi connectivity index (χ0v) is 41.4. The lowest BCUT2D eigenvalue weighted by Crippen LogP contribution is -2.75. The molecular weight excluding hydrogens is 1190 g/mol. The van der Waals surface area contributed by atoms with Crippen LogP contribution in [0.15, 0.2) is 164 Å². The van der Waals surface area contributed by atoms with Gasteiger partial charge in [0, 0.05) is 22.2 Å². The van der Waals surface area contributed by atoms with Crippen molar-refractivity contribution in [2.45, 2.75) is 56.0 Å². The summed E-state index contributed by atoms with van der Waals surface area (Å²) < 4.78 is 343. The Kier molecular flexibility index (Phi) is 16.8. The smallest absolute Gasteiger partial charge is 0.287 e. The molecule has 0 fully saturated rings. The van der Waals surface area contributed by atoms with Gasteiger partial charge in [0.05, 0.1) is 49.9 Å². The van der Waals surface area contributed by atoms with Crippen LogP contribution in [0.5, 0.6) is 0 Å². The summed E-state index contributed by atoms with van der Waals surface area (Å²) >= 11 is 6.22. The molecule has 0 aliphatic rings. The van der Waals surface area contributed by atoms with E-state index in [1.165, 1.54) is 0 Å². The summed E-state index contributed by atoms with van der Waals surface area (Å²) in [5.74, 6) is 0.0779. The molecule has 0 amide bonds. The second kappa shape index (κ2) is 22.1. The van der Waals surface area contributed by atoms with Crippen molar-refractivity contribution in [3.8, 4) is 11.3 Å². The van der Waals surface area contributed by atoms with Crippen LogP contribution in [0, 0.1) is 0 Å². The van der Waals surface area contributed by atoms with Crippen LogP contribution in [-0.2, 0) is 56.0 Å². The molecule has 7 aromatic carbocycles. The van der Waals surface area contributed by atoms with E-state index in [4.69, 9.17) is 11.6 Å². The number of nitrogens with zero attached hydrogens (tertiary/aromatic N) is 1. The van der Waals surface area contributed by atoms with Crippen molar-refractivity contribution in [3.05, 3.63) is 219 Å². The van der Waals surface area contributed by atoms with Gasteiger partial charge in [0.1, 0.15) is 6.15 Å². The highest BCUT2D eigenvalue weighted by Gasteiger charge is 2.47. The van der Waals surface area contributed by atoms with E-state index in [1.54, 1.807) is 0 Å². The van der Waals surface area contributed by atoms with Gasteiger partial charge in [0.25, 0.3) is 0 Å². The second-order valence-electron chi connectivity index (χ2n) is 18.4. The topological polar surface area (TPSA) is 20.9 Å². The monoisotopic (exact) mass is 1220 g/mol. The maximum Gasteiger partial charge on any atom is 0.416 e. The molecule has 0 radical (unpaired) electrons. The van der Waals surface area contributed by atoms with Gasteiger partial charge in [-0.15, -0.1) is 0 Å². The number of benzene rings is 7. The SMILES string of the molecule is FC(F)(F)c1cc([B-](c2cc(C(F)(F)F)cc(C(F)(F)F)c2)(c2cc(C(F)(F)F)cc(C(F)(F)F)c2)c2cc(C(F)(F)F)cc(C(F)(F)F)c2)cc(C(F)(F)F)c1.O=C(C[n+]1ccc2ccccc2c1-c1cccc(Cl)c1)c1ccccc1. The van der Waals surface area contributed by atoms with E-state index in [9.17, 15) is 110 Å². The summed E-state index contributed by atoms with van der Waals surface area (Å²) in [4.78, 5) is 12.8. The Bertz CT molecular complexity index is 3270. The third-order valence-corrected chi connectivity index (χ3v) is 13.1. The zero-order valence-electron chi connectivity index (χ0n) is 40.7. The fourth-order valence-corrected chi connectivity index (χ4v) is 9.48. The first-order valence-electron chi connectivity index (χ1n) is 23.1. The molecule has 0 atom stereocenters. The Hall–Kier alpha value is -7.71. The van der Waals surface area contributed by atoms with E-state index in [0.29, 0.717) is 10.6 Å². The molecular formula is C55H29BClF24NO. The molecule has 0 bridgehead atoms. The Balaban J connectivity index is 0.000000313. The molecule has 28 heteroatoms. The van der Waals surface area contributed by atoms with E-state index in [-0.39, 0.29) is 12.3 Å². The van der Waals surface area contributed by atoms with Crippen LogP contribution < -0.4 is 26.4 Å². The number of ketones is 1. The Morgan fingerprint density at radius 1 is 0.361 bits per heavy atom. The average molecular weight is 1220 g/mol. The van der Waals surface area contributed by atoms with Crippen LogP contribution >= 0.6 is 11.6 Å². The second-order valence-corrected chi connectivity index (χ2v) is 18.8. The Morgan fingerprint density at radius 3 is 0.988 bits per heavy atom. The lowest BCUT2D eigenvalue weighted by atomic mass is 9.12. The summed E-state index contributed by atoms with van der Waals surface area (Å²) in [6, 6.07) is 18.6. The number of fused-ring (bicyclic) bond motifs is 1. The number of hydrogen-bond acceptors (Lipinski definition) is 1. The molecule has 8 rings (SSSR count). The lowest BCUT2D eigenvalue weighted by molar-refractivity contribution is -0.671. The third kappa shape index (κ3) is 14.0. The van der Waals surface area contributed by atoms with Crippen molar-refractivity contribution in [3.63, 3.8) is 0 Å². The maximum atomic E-state index is 14.2. The van der Waals surface area contributed by atoms with E-state index >= 15 is 0 Å². The number of carbonyl (C=O) groups is 1. The van der Waals surface area contributed by atoms with Crippen LogP contribution in [0.25, 0.3) is 22.0 Å². The first-order valence-corrected chi connectivity index (χ1v) is 23.5. The molecule has 83 heavy (non-hydrogen) atoms. The van der Waals surface area contributed by atoms with Gasteiger partial charge in [-0.1, -0.05) is 115 Å². The van der Waals surface area contributed by atoms with Crippen LogP contribution in [-0.4, -0.2) is 11.9 Å². The molecule has 2 nitrogen and oxygen atoms in total. The highest BCUT2D eigenvalue weighted by atomic mass is 35.5. The Labute approximate surface area is 456 Å². The molecule has 0 N–H and O–H groups in total. The first-order chi connectivity index (χ1) is 38.0. The predicted octanol–water partition coefficient (Wildman–Crippen LogP) is 16.5. The number of halogens is 25. The van der Waals surface area contributed by atoms with Crippen LogP contribution in [0.1, 0.15) is 54.9 Å². The van der Waals surface area contributed by atoms with Gasteiger partial charge >= 0.3 is 49.4 Å². The number of hydrogen-bond donors (Lipinski definition) is 0. The quantitative estimate of drug-likeness (QED) is 0.0643. The molecule has 1 aromatic heterocycles. The highest BCUT2D eigenvalue weighted by molar-refractivity contribution is 7.20. The van der Waals surface area contributed by atoms with Crippen molar-refractivity contribution < 1.29 is 115 Å². The van der Waals surface area contributed by atoms with Crippen molar-refractivity contribution >= 4 is 56.2 Å². The van der Waals surface area contributed by atoms with Gasteiger partial charge in [0.15, 0.2) is 6.20 Å². The zero-order chi connectivity index (χ0) is 61.8. The van der Waals surface area contributed by atoms with Crippen LogP contribution in [0.4, 0.5) is 105 Å². The largest absolute Gasteiger partial charge is 0.416 e. The lowest BCUT2D eigenvalue weighted by Gasteiger charge is -2.46. The summed E-state index contributed by atoms with van der Waals surface area (Å²) in [6.07, 6.45) is -52.8. The molecule has 438 valence electrons. The summed E-state index contributed by atoms with van der Waals surface area (Å²) in [7, 11) is 0. The number of rotatable bonds is 8. The third-order valence-electron chi connectivity index (χ3n) is 12.9. The number of carbonyl (C=O) groups excluding carboxylic acids is 1. The van der Waals surface area contributed by atoms with Crippen LogP contribution in [0.3, 0.4) is 0 Å².